The summed E-state index contributed by atoms with van der Waals surface area (Å²) in [5, 5.41) is 38.4. The van der Waals surface area contributed by atoms with E-state index in [2.05, 4.69) is 50.5 Å². The summed E-state index contributed by atoms with van der Waals surface area (Å²) in [6.45, 7) is 7.65. The first-order valence-electron chi connectivity index (χ1n) is 35.4. The van der Waals surface area contributed by atoms with E-state index < -0.39 is 113 Å². The third-order valence-corrected chi connectivity index (χ3v) is 17.6. The quantitative estimate of drug-likeness (QED) is 0.00743. The van der Waals surface area contributed by atoms with Crippen LogP contribution >= 0.6 is 7.82 Å². The monoisotopic (exact) mass is 1290 g/mol. The lowest BCUT2D eigenvalue weighted by Gasteiger charge is -2.46. The van der Waals surface area contributed by atoms with Crippen molar-refractivity contribution in [2.45, 2.75) is 365 Å². The number of unbranched alkanes of at least 4 members (excludes halogenated alkanes) is 33. The van der Waals surface area contributed by atoms with E-state index in [-0.39, 0.29) is 31.6 Å². The summed E-state index contributed by atoms with van der Waals surface area (Å²) in [4.78, 5) is 86.4. The van der Waals surface area contributed by atoms with Crippen LogP contribution in [0.15, 0.2) is 12.2 Å². The van der Waals surface area contributed by atoms with Crippen molar-refractivity contribution in [1.29, 1.82) is 0 Å². The van der Waals surface area contributed by atoms with Crippen LogP contribution in [0.2, 0.25) is 0 Å². The molecule has 0 spiro atoms. The van der Waals surface area contributed by atoms with Gasteiger partial charge in [-0.1, -0.05) is 239 Å². The molecule has 0 bridgehead atoms. The fourth-order valence-corrected chi connectivity index (χ4v) is 12.4. The van der Waals surface area contributed by atoms with Crippen LogP contribution in [-0.2, 0) is 61.5 Å². The van der Waals surface area contributed by atoms with Crippen molar-refractivity contribution >= 4 is 37.9 Å². The van der Waals surface area contributed by atoms with Gasteiger partial charge in [0.25, 0.3) is 0 Å². The van der Waals surface area contributed by atoms with Gasteiger partial charge in [-0.25, -0.2) is 9.36 Å². The highest BCUT2D eigenvalue weighted by molar-refractivity contribution is 7.46. The minimum absolute atomic E-state index is 0.0911. The number of aliphatic carboxylic acids is 1. The Morgan fingerprint density at radius 3 is 1.56 bits per heavy atom. The molecule has 11 atom stereocenters. The van der Waals surface area contributed by atoms with Gasteiger partial charge in [-0.2, -0.15) is 0 Å². The lowest BCUT2D eigenvalue weighted by Crippen LogP contribution is -2.68. The fraction of sp³-hybridized carbons (Fsp3) is 0.897. The van der Waals surface area contributed by atoms with E-state index in [1.165, 1.54) is 103 Å². The maximum absolute atomic E-state index is 14.2. The second kappa shape index (κ2) is 53.5. The molecule has 2 amide bonds. The number of carboxylic acids is 1. The molecule has 20 nitrogen and oxygen atoms in total. The number of ether oxygens (including phenoxy) is 6. The minimum atomic E-state index is -5.40. The number of aliphatic hydroxyl groups excluding tert-OH is 2. The zero-order valence-corrected chi connectivity index (χ0v) is 56.5. The maximum Gasteiger partial charge on any atom is 0.470 e. The minimum Gasteiger partial charge on any atom is -0.479 e. The number of rotatable bonds is 60. The first-order valence-corrected chi connectivity index (χ1v) is 36.9. The van der Waals surface area contributed by atoms with Gasteiger partial charge in [0.05, 0.1) is 38.2 Å². The van der Waals surface area contributed by atoms with Gasteiger partial charge in [-0.05, 0) is 51.4 Å². The molecule has 2 heterocycles. The third-order valence-electron chi connectivity index (χ3n) is 17.1. The highest BCUT2D eigenvalue weighted by atomic mass is 31.2. The SMILES string of the molecule is CCCCCC/C=C\CCCCCCO[C@H](CCCCCCCCCCC)CC(=O)O[C@@H]1[C@@H](NC=O)[C@H](OC[C@H]2O[C@H](C(=O)O)[C@H](NC(=O)CC(=O)CCCCCCCCCCC)[C@@H](OCCCCCCCCCCCC)[C@@H]2O)O[C@H](CO)[C@H]1OP(=O)(O)O. The maximum atomic E-state index is 14.2. The average Bonchev–Trinajstić information content (AvgIpc) is 1.30. The molecule has 0 unspecified atom stereocenters. The number of carboxylic acid groups (broad SMARTS) is 1. The van der Waals surface area contributed by atoms with Crippen LogP contribution in [0.1, 0.15) is 297 Å². The van der Waals surface area contributed by atoms with Gasteiger partial charge in [0.1, 0.15) is 42.3 Å². The van der Waals surface area contributed by atoms with Gasteiger partial charge < -0.3 is 64.2 Å². The van der Waals surface area contributed by atoms with E-state index in [0.29, 0.717) is 25.9 Å². The molecule has 21 heteroatoms. The molecular weight excluding hydrogens is 1160 g/mol. The number of phosphoric ester groups is 1. The van der Waals surface area contributed by atoms with E-state index in [9.17, 15) is 53.6 Å². The molecule has 0 aliphatic carbocycles. The summed E-state index contributed by atoms with van der Waals surface area (Å²) in [5.74, 6) is -3.41. The number of nitrogens with one attached hydrogen (secondary N) is 2. The molecule has 520 valence electrons. The molecule has 2 aliphatic heterocycles. The molecule has 2 saturated heterocycles. The van der Waals surface area contributed by atoms with Crippen LogP contribution in [0, 0.1) is 0 Å². The Balaban J connectivity index is 2.31. The van der Waals surface area contributed by atoms with E-state index in [1.807, 2.05) is 0 Å². The molecule has 0 aromatic rings. The molecule has 2 aliphatic rings. The van der Waals surface area contributed by atoms with E-state index in [0.717, 1.165) is 128 Å². The predicted molar refractivity (Wildman–Crippen MR) is 346 cm³/mol. The number of carbonyl (C=O) groups is 5. The number of aliphatic hydroxyl groups is 2. The summed E-state index contributed by atoms with van der Waals surface area (Å²) in [6.07, 6.45) is 31.6. The molecule has 0 aromatic carbocycles. The summed E-state index contributed by atoms with van der Waals surface area (Å²) in [7, 11) is -5.40. The zero-order valence-electron chi connectivity index (χ0n) is 55.6. The third kappa shape index (κ3) is 39.4. The van der Waals surface area contributed by atoms with Crippen LogP contribution in [0.25, 0.3) is 0 Å². The largest absolute Gasteiger partial charge is 0.479 e. The molecule has 2 rings (SSSR count). The van der Waals surface area contributed by atoms with Crippen molar-refractivity contribution < 1.29 is 86.6 Å². The van der Waals surface area contributed by atoms with Crippen molar-refractivity contribution in [3.8, 4) is 0 Å². The molecule has 7 N–H and O–H groups in total. The van der Waals surface area contributed by atoms with E-state index in [1.54, 1.807) is 0 Å². The predicted octanol–water partition coefficient (Wildman–Crippen LogP) is 13.3. The van der Waals surface area contributed by atoms with Gasteiger partial charge in [0.15, 0.2) is 18.5 Å². The van der Waals surface area contributed by atoms with Crippen molar-refractivity contribution in [1.82, 2.24) is 10.6 Å². The lowest BCUT2D eigenvalue weighted by atomic mass is 9.92. The van der Waals surface area contributed by atoms with Crippen LogP contribution in [0.4, 0.5) is 0 Å². The Kier molecular flexibility index (Phi) is 49.4. The Morgan fingerprint density at radius 2 is 1.06 bits per heavy atom. The van der Waals surface area contributed by atoms with Gasteiger partial charge >= 0.3 is 19.8 Å². The van der Waals surface area contributed by atoms with Gasteiger partial charge in [-0.15, -0.1) is 0 Å². The standard InChI is InChI=1S/C68H125N2O18P/c1-5-9-13-17-21-25-27-28-32-35-39-43-47-82-55(46-42-38-34-30-24-20-16-12-8-4)50-59(75)87-65-61(69-53-72)68(86-56(51-71)63(65)88-89(79,80)81)84-52-57-62(76)64(83-48-44-40-36-31-26-22-18-14-10-6-2)60(66(85-57)67(77)78)70-58(74)49-54(73)45-41-37-33-29-23-19-15-11-7-3/h25,27,53,55-57,60-66,68,71,76H,5-24,26,28-52H2,1-4H3,(H,69,72)(H,70,74)(H,77,78)(H2,79,80,81)/b27-25-/t55-,56-,57-,60-,61-,62-,63-,64-,65-,66+,68-/m1/s1. The molecule has 0 aromatic heterocycles. The molecule has 89 heavy (non-hydrogen) atoms. The van der Waals surface area contributed by atoms with Gasteiger partial charge in [0.2, 0.25) is 12.3 Å². The number of hydrogen-bond donors (Lipinski definition) is 7. The summed E-state index contributed by atoms with van der Waals surface area (Å²) in [5.41, 5.74) is 0. The van der Waals surface area contributed by atoms with Crippen LogP contribution < -0.4 is 10.6 Å². The van der Waals surface area contributed by atoms with Crippen molar-refractivity contribution in [2.24, 2.45) is 0 Å². The van der Waals surface area contributed by atoms with Crippen LogP contribution in [-0.4, -0.2) is 149 Å². The Morgan fingerprint density at radius 1 is 0.573 bits per heavy atom. The number of esters is 1. The van der Waals surface area contributed by atoms with E-state index >= 15 is 0 Å². The number of carbonyl (C=O) groups excluding carboxylic acids is 4. The van der Waals surface area contributed by atoms with Crippen LogP contribution in [0.5, 0.6) is 0 Å². The van der Waals surface area contributed by atoms with Crippen molar-refractivity contribution in [2.75, 3.05) is 26.4 Å². The highest BCUT2D eigenvalue weighted by Gasteiger charge is 2.54. The molecule has 2 fully saturated rings. The number of hydrogen-bond acceptors (Lipinski definition) is 15. The number of phosphoric acid groups is 1. The second-order valence-electron chi connectivity index (χ2n) is 25.1. The fourth-order valence-electron chi connectivity index (χ4n) is 11.9. The van der Waals surface area contributed by atoms with Crippen molar-refractivity contribution in [3.05, 3.63) is 12.2 Å². The lowest BCUT2D eigenvalue weighted by molar-refractivity contribution is -0.286. The van der Waals surface area contributed by atoms with Gasteiger partial charge in [-0.3, -0.25) is 23.7 Å². The normalized spacial score (nSPS) is 22.5. The summed E-state index contributed by atoms with van der Waals surface area (Å²) in [6, 6.07) is -3.02. The van der Waals surface area contributed by atoms with Crippen molar-refractivity contribution in [3.63, 3.8) is 0 Å². The number of amides is 2. The topological polar surface area (TPSA) is 292 Å². The molecular formula is C68H125N2O18P. The average molecular weight is 1290 g/mol. The first kappa shape index (κ1) is 82.2. The Hall–Kier alpha value is -2.88. The van der Waals surface area contributed by atoms with Crippen LogP contribution in [0.3, 0.4) is 0 Å². The number of allylic oxidation sites excluding steroid dienone is 2. The molecule has 0 radical (unpaired) electrons. The summed E-state index contributed by atoms with van der Waals surface area (Å²) >= 11 is 0. The van der Waals surface area contributed by atoms with E-state index in [4.69, 9.17) is 32.9 Å². The van der Waals surface area contributed by atoms with Gasteiger partial charge in [0, 0.05) is 19.6 Å². The zero-order chi connectivity index (χ0) is 65.2. The molecule has 0 saturated carbocycles. The second-order valence-corrected chi connectivity index (χ2v) is 26.2. The number of ketones is 1. The Labute approximate surface area is 536 Å². The first-order chi connectivity index (χ1) is 43.1. The summed E-state index contributed by atoms with van der Waals surface area (Å²) < 4.78 is 54.4. The highest BCUT2D eigenvalue weighted by Crippen LogP contribution is 2.42. The smallest absolute Gasteiger partial charge is 0.470 e. The Bertz CT molecular complexity index is 1880. The number of Topliss-reactive ketones (excluding diaryl/α,β-unsaturated/α-hetero) is 1.